The highest BCUT2D eigenvalue weighted by atomic mass is 35.5. The number of halogens is 1. The molecule has 2 heterocycles. The molecule has 0 saturated carbocycles. The van der Waals surface area contributed by atoms with Crippen LogP contribution in [0.4, 0.5) is 0 Å². The molecule has 5 nitrogen and oxygen atoms in total. The van der Waals surface area contributed by atoms with Crippen LogP contribution in [-0.2, 0) is 9.59 Å². The van der Waals surface area contributed by atoms with Gasteiger partial charge < -0.3 is 15.5 Å². The molecule has 2 atom stereocenters. The zero-order valence-corrected chi connectivity index (χ0v) is 13.5. The highest BCUT2D eigenvalue weighted by Crippen LogP contribution is 2.24. The summed E-state index contributed by atoms with van der Waals surface area (Å²) in [5, 5.41) is 0. The van der Waals surface area contributed by atoms with Gasteiger partial charge in [0.1, 0.15) is 6.04 Å². The van der Waals surface area contributed by atoms with Crippen molar-refractivity contribution in [2.45, 2.75) is 44.7 Å². The lowest BCUT2D eigenvalue weighted by atomic mass is 10.1. The largest absolute Gasteiger partial charge is 0.339 e. The van der Waals surface area contributed by atoms with Gasteiger partial charge in [0, 0.05) is 31.3 Å². The molecule has 0 bridgehead atoms. The predicted molar refractivity (Wildman–Crippen MR) is 83.9 cm³/mol. The van der Waals surface area contributed by atoms with Gasteiger partial charge in [0.2, 0.25) is 11.8 Å². The summed E-state index contributed by atoms with van der Waals surface area (Å²) in [6.07, 6.45) is 3.32. The lowest BCUT2D eigenvalue weighted by Gasteiger charge is -2.34. The summed E-state index contributed by atoms with van der Waals surface area (Å²) >= 11 is 1.66. The Morgan fingerprint density at radius 3 is 2.80 bits per heavy atom. The lowest BCUT2D eigenvalue weighted by Crippen LogP contribution is -2.53. The summed E-state index contributed by atoms with van der Waals surface area (Å²) < 4.78 is 0. The van der Waals surface area contributed by atoms with Crippen LogP contribution in [0.15, 0.2) is 0 Å². The Hall–Kier alpha value is -0.460. The quantitative estimate of drug-likeness (QED) is 0.844. The molecule has 2 N–H and O–H groups in total. The van der Waals surface area contributed by atoms with Crippen LogP contribution in [0.2, 0.25) is 0 Å². The van der Waals surface area contributed by atoms with E-state index in [9.17, 15) is 9.59 Å². The monoisotopic (exact) mass is 321 g/mol. The fourth-order valence-corrected chi connectivity index (χ4v) is 3.84. The van der Waals surface area contributed by atoms with E-state index in [4.69, 9.17) is 5.73 Å². The molecule has 2 rings (SSSR count). The summed E-state index contributed by atoms with van der Waals surface area (Å²) in [5.74, 6) is 1.56. The fraction of sp³-hybridized carbons (Fsp3) is 0.846. The molecule has 0 spiro atoms. The third kappa shape index (κ3) is 4.02. The second kappa shape index (κ2) is 8.10. The molecule has 2 fully saturated rings. The summed E-state index contributed by atoms with van der Waals surface area (Å²) in [7, 11) is 0. The minimum atomic E-state index is -0.269. The van der Waals surface area contributed by atoms with Gasteiger partial charge in [-0.15, -0.1) is 24.2 Å². The third-order valence-corrected chi connectivity index (χ3v) is 4.73. The van der Waals surface area contributed by atoms with Crippen molar-refractivity contribution >= 4 is 36.0 Å². The van der Waals surface area contributed by atoms with Crippen molar-refractivity contribution in [1.29, 1.82) is 0 Å². The summed E-state index contributed by atoms with van der Waals surface area (Å²) in [5.41, 5.74) is 5.92. The number of rotatable bonds is 3. The van der Waals surface area contributed by atoms with Crippen LogP contribution < -0.4 is 5.73 Å². The van der Waals surface area contributed by atoms with Gasteiger partial charge in [-0.05, 0) is 19.3 Å². The van der Waals surface area contributed by atoms with Gasteiger partial charge in [0.15, 0.2) is 0 Å². The number of hydrogen-bond acceptors (Lipinski definition) is 4. The Kier molecular flexibility index (Phi) is 7.12. The van der Waals surface area contributed by atoms with Crippen LogP contribution in [-0.4, -0.2) is 58.4 Å². The molecule has 2 unspecified atom stereocenters. The topological polar surface area (TPSA) is 66.6 Å². The van der Waals surface area contributed by atoms with Crippen molar-refractivity contribution in [1.82, 2.24) is 9.80 Å². The standard InChI is InChI=1S/C13H23N3O2S.ClH/c1-2-4-12(17)16-9-19-8-11(16)13(18)15-6-3-5-10(14)7-15;/h10-11H,2-9,14H2,1H3;1H. The molecule has 20 heavy (non-hydrogen) atoms. The van der Waals surface area contributed by atoms with E-state index in [1.807, 2.05) is 11.8 Å². The van der Waals surface area contributed by atoms with Crippen molar-refractivity contribution < 1.29 is 9.59 Å². The van der Waals surface area contributed by atoms with Crippen LogP contribution in [0.5, 0.6) is 0 Å². The molecule has 0 aliphatic carbocycles. The van der Waals surface area contributed by atoms with E-state index in [2.05, 4.69) is 0 Å². The fourth-order valence-electron chi connectivity index (χ4n) is 2.67. The van der Waals surface area contributed by atoms with Crippen molar-refractivity contribution in [2.24, 2.45) is 5.73 Å². The molecule has 2 aliphatic heterocycles. The minimum Gasteiger partial charge on any atom is -0.339 e. The third-order valence-electron chi connectivity index (χ3n) is 3.72. The Balaban J connectivity index is 0.00000200. The highest BCUT2D eigenvalue weighted by molar-refractivity contribution is 7.99. The van der Waals surface area contributed by atoms with E-state index in [0.717, 1.165) is 31.6 Å². The van der Waals surface area contributed by atoms with Crippen LogP contribution >= 0.6 is 24.2 Å². The number of carbonyl (C=O) groups excluding carboxylic acids is 2. The van der Waals surface area contributed by atoms with Crippen LogP contribution in [0.25, 0.3) is 0 Å². The van der Waals surface area contributed by atoms with E-state index in [1.54, 1.807) is 16.7 Å². The molecule has 7 heteroatoms. The first-order valence-electron chi connectivity index (χ1n) is 7.05. The molecule has 2 saturated heterocycles. The van der Waals surface area contributed by atoms with Gasteiger partial charge in [-0.3, -0.25) is 9.59 Å². The molecule has 2 aliphatic rings. The first-order valence-corrected chi connectivity index (χ1v) is 8.20. The molecule has 0 aromatic rings. The molecular formula is C13H24ClN3O2S. The van der Waals surface area contributed by atoms with Crippen molar-refractivity contribution in [2.75, 3.05) is 24.7 Å². The molecule has 0 aromatic carbocycles. The predicted octanol–water partition coefficient (Wildman–Crippen LogP) is 1.06. The smallest absolute Gasteiger partial charge is 0.246 e. The normalized spacial score (nSPS) is 26.3. The van der Waals surface area contributed by atoms with Crippen molar-refractivity contribution in [3.63, 3.8) is 0 Å². The number of hydrogen-bond donors (Lipinski definition) is 1. The molecule has 0 aromatic heterocycles. The van der Waals surface area contributed by atoms with Crippen LogP contribution in [0, 0.1) is 0 Å². The number of carbonyl (C=O) groups is 2. The minimum absolute atomic E-state index is 0. The molecule has 2 amide bonds. The number of amides is 2. The Morgan fingerprint density at radius 2 is 2.15 bits per heavy atom. The van der Waals surface area contributed by atoms with Gasteiger partial charge >= 0.3 is 0 Å². The summed E-state index contributed by atoms with van der Waals surface area (Å²) in [6.45, 7) is 3.40. The van der Waals surface area contributed by atoms with Gasteiger partial charge in [0.25, 0.3) is 0 Å². The maximum atomic E-state index is 12.5. The number of nitrogens with two attached hydrogens (primary N) is 1. The number of likely N-dealkylation sites (tertiary alicyclic amines) is 1. The maximum absolute atomic E-state index is 12.5. The molecular weight excluding hydrogens is 298 g/mol. The Bertz CT molecular complexity index is 357. The average Bonchev–Trinajstić information content (AvgIpc) is 2.87. The first-order chi connectivity index (χ1) is 9.13. The summed E-state index contributed by atoms with van der Waals surface area (Å²) in [6, 6.07) is -0.180. The van der Waals surface area contributed by atoms with Gasteiger partial charge in [-0.1, -0.05) is 6.92 Å². The lowest BCUT2D eigenvalue weighted by molar-refractivity contribution is -0.144. The second-order valence-corrected chi connectivity index (χ2v) is 6.32. The van der Waals surface area contributed by atoms with E-state index in [0.29, 0.717) is 18.8 Å². The van der Waals surface area contributed by atoms with Gasteiger partial charge in [0.05, 0.1) is 5.88 Å². The Labute approximate surface area is 131 Å². The first kappa shape index (κ1) is 17.6. The zero-order chi connectivity index (χ0) is 13.8. The number of piperidine rings is 1. The van der Waals surface area contributed by atoms with Gasteiger partial charge in [-0.25, -0.2) is 0 Å². The maximum Gasteiger partial charge on any atom is 0.246 e. The van der Waals surface area contributed by atoms with Crippen molar-refractivity contribution in [3.05, 3.63) is 0 Å². The van der Waals surface area contributed by atoms with E-state index in [1.165, 1.54) is 0 Å². The Morgan fingerprint density at radius 1 is 1.40 bits per heavy atom. The zero-order valence-electron chi connectivity index (χ0n) is 11.9. The summed E-state index contributed by atoms with van der Waals surface area (Å²) in [4.78, 5) is 28.1. The van der Waals surface area contributed by atoms with Crippen LogP contribution in [0.1, 0.15) is 32.6 Å². The second-order valence-electron chi connectivity index (χ2n) is 5.32. The van der Waals surface area contributed by atoms with E-state index >= 15 is 0 Å². The molecule has 0 radical (unpaired) electrons. The van der Waals surface area contributed by atoms with Gasteiger partial charge in [-0.2, -0.15) is 0 Å². The number of thioether (sulfide) groups is 1. The highest BCUT2D eigenvalue weighted by Gasteiger charge is 2.37. The van der Waals surface area contributed by atoms with E-state index < -0.39 is 0 Å². The number of nitrogens with zero attached hydrogens (tertiary/aromatic N) is 2. The average molecular weight is 322 g/mol. The molecule has 116 valence electrons. The van der Waals surface area contributed by atoms with E-state index in [-0.39, 0.29) is 36.3 Å². The SMILES string of the molecule is CCCC(=O)N1CSCC1C(=O)N1CCCC(N)C1.Cl. The van der Waals surface area contributed by atoms with Crippen molar-refractivity contribution in [3.8, 4) is 0 Å². The van der Waals surface area contributed by atoms with Crippen LogP contribution in [0.3, 0.4) is 0 Å².